The number of likely N-dealkylation sites (tertiary alicyclic amines) is 1. The maximum Gasteiger partial charge on any atom is 0.253 e. The standard InChI is InChI=1S/C18H28N2O3S/c1-14(2)24(22,23)17-6-4-16(5-7-17)18(21)20-12-9-15(10-13-20)8-11-19-3/h4-7,14-15,19H,8-13H2,1-3H3. The van der Waals surface area contributed by atoms with E-state index in [-0.39, 0.29) is 10.8 Å². The molecule has 5 nitrogen and oxygen atoms in total. The van der Waals surface area contributed by atoms with Crippen molar-refractivity contribution in [2.24, 2.45) is 5.92 Å². The number of nitrogens with one attached hydrogen (secondary N) is 1. The van der Waals surface area contributed by atoms with E-state index < -0.39 is 15.1 Å². The van der Waals surface area contributed by atoms with E-state index in [1.165, 1.54) is 0 Å². The van der Waals surface area contributed by atoms with Crippen molar-refractivity contribution in [1.29, 1.82) is 0 Å². The average Bonchev–Trinajstić information content (AvgIpc) is 2.59. The number of benzene rings is 1. The van der Waals surface area contributed by atoms with Crippen LogP contribution in [0.5, 0.6) is 0 Å². The molecular formula is C18H28N2O3S. The molecule has 1 amide bonds. The molecule has 0 unspecified atom stereocenters. The largest absolute Gasteiger partial charge is 0.339 e. The van der Waals surface area contributed by atoms with Crippen LogP contribution >= 0.6 is 0 Å². The number of amides is 1. The van der Waals surface area contributed by atoms with Crippen LogP contribution < -0.4 is 5.32 Å². The zero-order chi connectivity index (χ0) is 17.7. The van der Waals surface area contributed by atoms with Crippen LogP contribution in [0.15, 0.2) is 29.2 Å². The SMILES string of the molecule is CNCCC1CCN(C(=O)c2ccc(S(=O)(=O)C(C)C)cc2)CC1. The first kappa shape index (κ1) is 18.9. The molecule has 2 rings (SSSR count). The van der Waals surface area contributed by atoms with Crippen LogP contribution in [0.25, 0.3) is 0 Å². The van der Waals surface area contributed by atoms with Gasteiger partial charge in [0.05, 0.1) is 10.1 Å². The van der Waals surface area contributed by atoms with Gasteiger partial charge in [0.25, 0.3) is 5.91 Å². The zero-order valence-corrected chi connectivity index (χ0v) is 15.6. The van der Waals surface area contributed by atoms with Crippen LogP contribution in [-0.4, -0.2) is 51.2 Å². The van der Waals surface area contributed by atoms with Gasteiger partial charge >= 0.3 is 0 Å². The van der Waals surface area contributed by atoms with Crippen molar-refractivity contribution in [3.8, 4) is 0 Å². The fraction of sp³-hybridized carbons (Fsp3) is 0.611. The highest BCUT2D eigenvalue weighted by Crippen LogP contribution is 2.22. The van der Waals surface area contributed by atoms with Crippen LogP contribution in [0.3, 0.4) is 0 Å². The fourth-order valence-electron chi connectivity index (χ4n) is 3.02. The Kier molecular flexibility index (Phi) is 6.40. The van der Waals surface area contributed by atoms with Gasteiger partial charge in [0.1, 0.15) is 0 Å². The van der Waals surface area contributed by atoms with Gasteiger partial charge in [0.2, 0.25) is 0 Å². The minimum Gasteiger partial charge on any atom is -0.339 e. The molecule has 1 aromatic rings. The van der Waals surface area contributed by atoms with Crippen LogP contribution in [0.2, 0.25) is 0 Å². The van der Waals surface area contributed by atoms with Crippen LogP contribution in [0, 0.1) is 5.92 Å². The zero-order valence-electron chi connectivity index (χ0n) is 14.8. The summed E-state index contributed by atoms with van der Waals surface area (Å²) in [6.45, 7) is 5.89. The van der Waals surface area contributed by atoms with Crippen molar-refractivity contribution < 1.29 is 13.2 Å². The molecule has 1 N–H and O–H groups in total. The summed E-state index contributed by atoms with van der Waals surface area (Å²) in [7, 11) is -1.33. The van der Waals surface area contributed by atoms with E-state index in [1.54, 1.807) is 38.1 Å². The quantitative estimate of drug-likeness (QED) is 0.853. The van der Waals surface area contributed by atoms with Gasteiger partial charge in [-0.25, -0.2) is 8.42 Å². The van der Waals surface area contributed by atoms with Gasteiger partial charge in [-0.05, 0) is 76.9 Å². The van der Waals surface area contributed by atoms with Gasteiger partial charge in [-0.2, -0.15) is 0 Å². The molecule has 0 aliphatic carbocycles. The second-order valence-corrected chi connectivity index (χ2v) is 9.25. The number of carbonyl (C=O) groups excluding carboxylic acids is 1. The lowest BCUT2D eigenvalue weighted by Gasteiger charge is -2.32. The molecule has 0 atom stereocenters. The molecule has 0 radical (unpaired) electrons. The van der Waals surface area contributed by atoms with Crippen molar-refractivity contribution in [1.82, 2.24) is 10.2 Å². The lowest BCUT2D eigenvalue weighted by Crippen LogP contribution is -2.39. The summed E-state index contributed by atoms with van der Waals surface area (Å²) < 4.78 is 24.3. The lowest BCUT2D eigenvalue weighted by atomic mass is 9.93. The van der Waals surface area contributed by atoms with Crippen molar-refractivity contribution in [3.63, 3.8) is 0 Å². The normalized spacial score (nSPS) is 16.6. The summed E-state index contributed by atoms with van der Waals surface area (Å²) in [5.74, 6) is 0.677. The smallest absolute Gasteiger partial charge is 0.253 e. The molecule has 134 valence electrons. The molecule has 0 spiro atoms. The predicted molar refractivity (Wildman–Crippen MR) is 95.9 cm³/mol. The summed E-state index contributed by atoms with van der Waals surface area (Å²) >= 11 is 0. The molecule has 1 heterocycles. The van der Waals surface area contributed by atoms with Gasteiger partial charge in [0, 0.05) is 18.7 Å². The maximum atomic E-state index is 12.6. The average molecular weight is 353 g/mol. The first-order valence-corrected chi connectivity index (χ1v) is 10.2. The summed E-state index contributed by atoms with van der Waals surface area (Å²) in [6, 6.07) is 6.35. The topological polar surface area (TPSA) is 66.5 Å². The van der Waals surface area contributed by atoms with Crippen molar-refractivity contribution in [3.05, 3.63) is 29.8 Å². The van der Waals surface area contributed by atoms with Crippen molar-refractivity contribution in [2.75, 3.05) is 26.7 Å². The third kappa shape index (κ3) is 4.36. The summed E-state index contributed by atoms with van der Waals surface area (Å²) in [5, 5.41) is 2.71. The highest BCUT2D eigenvalue weighted by Gasteiger charge is 2.24. The van der Waals surface area contributed by atoms with Crippen LogP contribution in [-0.2, 0) is 9.84 Å². The summed E-state index contributed by atoms with van der Waals surface area (Å²) in [6.07, 6.45) is 3.22. The number of nitrogens with zero attached hydrogens (tertiary/aromatic N) is 1. The minimum absolute atomic E-state index is 0.00411. The molecule has 1 aliphatic rings. The molecule has 6 heteroatoms. The molecule has 0 saturated carbocycles. The number of piperidine rings is 1. The number of hydrogen-bond donors (Lipinski definition) is 1. The van der Waals surface area contributed by atoms with Crippen molar-refractivity contribution >= 4 is 15.7 Å². The minimum atomic E-state index is -3.29. The van der Waals surface area contributed by atoms with E-state index in [1.807, 2.05) is 11.9 Å². The third-order valence-electron chi connectivity index (χ3n) is 4.75. The molecule has 0 bridgehead atoms. The highest BCUT2D eigenvalue weighted by atomic mass is 32.2. The van der Waals surface area contributed by atoms with E-state index >= 15 is 0 Å². The third-order valence-corrected chi connectivity index (χ3v) is 6.93. The fourth-order valence-corrected chi connectivity index (χ4v) is 4.07. The van der Waals surface area contributed by atoms with Crippen molar-refractivity contribution in [2.45, 2.75) is 43.3 Å². The Morgan fingerprint density at radius 3 is 2.29 bits per heavy atom. The van der Waals surface area contributed by atoms with Gasteiger partial charge < -0.3 is 10.2 Å². The molecule has 1 fully saturated rings. The Bertz CT molecular complexity index is 645. The molecule has 1 saturated heterocycles. The molecule has 0 aromatic heterocycles. The molecular weight excluding hydrogens is 324 g/mol. The Morgan fingerprint density at radius 2 is 1.79 bits per heavy atom. The molecule has 1 aliphatic heterocycles. The summed E-state index contributed by atoms with van der Waals surface area (Å²) in [5.41, 5.74) is 0.561. The number of hydrogen-bond acceptors (Lipinski definition) is 4. The first-order chi connectivity index (χ1) is 11.4. The second kappa shape index (κ2) is 8.12. The van der Waals surface area contributed by atoms with Crippen LogP contribution in [0.1, 0.15) is 43.5 Å². The second-order valence-electron chi connectivity index (χ2n) is 6.75. The lowest BCUT2D eigenvalue weighted by molar-refractivity contribution is 0.0687. The Balaban J connectivity index is 1.99. The Morgan fingerprint density at radius 1 is 1.21 bits per heavy atom. The Hall–Kier alpha value is -1.40. The van der Waals surface area contributed by atoms with Gasteiger partial charge in [0.15, 0.2) is 9.84 Å². The summed E-state index contributed by atoms with van der Waals surface area (Å²) in [4.78, 5) is 14.7. The van der Waals surface area contributed by atoms with E-state index in [0.29, 0.717) is 11.5 Å². The van der Waals surface area contributed by atoms with E-state index in [9.17, 15) is 13.2 Å². The maximum absolute atomic E-state index is 12.6. The number of carbonyl (C=O) groups is 1. The van der Waals surface area contributed by atoms with E-state index in [4.69, 9.17) is 0 Å². The van der Waals surface area contributed by atoms with Gasteiger partial charge in [-0.1, -0.05) is 0 Å². The Labute approximate surface area is 145 Å². The number of rotatable bonds is 6. The molecule has 1 aromatic carbocycles. The first-order valence-electron chi connectivity index (χ1n) is 8.64. The van der Waals surface area contributed by atoms with Crippen LogP contribution in [0.4, 0.5) is 0 Å². The van der Waals surface area contributed by atoms with E-state index in [0.717, 1.165) is 38.9 Å². The van der Waals surface area contributed by atoms with Gasteiger partial charge in [-0.15, -0.1) is 0 Å². The monoisotopic (exact) mass is 352 g/mol. The highest BCUT2D eigenvalue weighted by molar-refractivity contribution is 7.92. The molecule has 24 heavy (non-hydrogen) atoms. The van der Waals surface area contributed by atoms with E-state index in [2.05, 4.69) is 5.32 Å². The predicted octanol–water partition coefficient (Wildman–Crippen LogP) is 2.33. The van der Waals surface area contributed by atoms with Gasteiger partial charge in [-0.3, -0.25) is 4.79 Å². The number of sulfone groups is 1.